The highest BCUT2D eigenvalue weighted by molar-refractivity contribution is 6.05. The number of nitrogen functional groups attached to an aromatic ring is 1. The van der Waals surface area contributed by atoms with E-state index in [2.05, 4.69) is 33.6 Å². The number of anilines is 1. The van der Waals surface area contributed by atoms with E-state index in [4.69, 9.17) is 5.73 Å². The molecule has 0 spiro atoms. The molecule has 0 saturated carbocycles. The Balaban J connectivity index is 1.92. The molecule has 0 aliphatic heterocycles. The Morgan fingerprint density at radius 3 is 2.83 bits per heavy atom. The lowest BCUT2D eigenvalue weighted by Crippen LogP contribution is -2.11. The van der Waals surface area contributed by atoms with Gasteiger partial charge in [0.1, 0.15) is 0 Å². The predicted molar refractivity (Wildman–Crippen MR) is 92.6 cm³/mol. The molecule has 2 aromatic carbocycles. The van der Waals surface area contributed by atoms with Crippen molar-refractivity contribution in [1.82, 2.24) is 14.5 Å². The Bertz CT molecular complexity index is 1090. The van der Waals surface area contributed by atoms with Crippen LogP contribution in [0, 0.1) is 6.92 Å². The fraction of sp³-hybridized carbons (Fsp3) is 0.111. The van der Waals surface area contributed by atoms with E-state index in [1.165, 1.54) is 11.1 Å². The van der Waals surface area contributed by atoms with Crippen LogP contribution in [0.5, 0.6) is 0 Å². The maximum Gasteiger partial charge on any atom is 0.260 e. The molecule has 2 aromatic heterocycles. The van der Waals surface area contributed by atoms with Crippen LogP contribution >= 0.6 is 0 Å². The summed E-state index contributed by atoms with van der Waals surface area (Å²) in [7, 11) is 0. The number of nitrogens with zero attached hydrogens (tertiary/aromatic N) is 2. The average Bonchev–Trinajstić information content (AvgIpc) is 2.92. The van der Waals surface area contributed by atoms with Crippen LogP contribution in [0.25, 0.3) is 21.8 Å². The highest BCUT2D eigenvalue weighted by Crippen LogP contribution is 2.24. The van der Waals surface area contributed by atoms with Gasteiger partial charge in [0.15, 0.2) is 0 Å². The first-order valence-corrected chi connectivity index (χ1v) is 7.45. The third-order valence-electron chi connectivity index (χ3n) is 4.24. The molecule has 23 heavy (non-hydrogen) atoms. The molecule has 0 aliphatic carbocycles. The smallest absolute Gasteiger partial charge is 0.260 e. The fourth-order valence-electron chi connectivity index (χ4n) is 3.04. The van der Waals surface area contributed by atoms with E-state index in [9.17, 15) is 4.79 Å². The molecule has 5 nitrogen and oxygen atoms in total. The largest absolute Gasteiger partial charge is 0.369 e. The van der Waals surface area contributed by atoms with Gasteiger partial charge in [-0.3, -0.25) is 9.78 Å². The number of aryl methyl sites for hydroxylation is 1. The van der Waals surface area contributed by atoms with Gasteiger partial charge >= 0.3 is 0 Å². The molecule has 4 rings (SSSR count). The highest BCUT2D eigenvalue weighted by Gasteiger charge is 2.10. The van der Waals surface area contributed by atoms with Gasteiger partial charge in [0, 0.05) is 23.6 Å². The van der Waals surface area contributed by atoms with Gasteiger partial charge in [-0.05, 0) is 36.2 Å². The van der Waals surface area contributed by atoms with Gasteiger partial charge in [-0.25, -0.2) is 4.98 Å². The number of hydrogen-bond donors (Lipinski definition) is 2. The molecular weight excluding hydrogens is 288 g/mol. The summed E-state index contributed by atoms with van der Waals surface area (Å²) in [6.45, 7) is 2.87. The third kappa shape index (κ3) is 2.17. The zero-order chi connectivity index (χ0) is 16.0. The van der Waals surface area contributed by atoms with E-state index in [-0.39, 0.29) is 11.5 Å². The van der Waals surface area contributed by atoms with Crippen molar-refractivity contribution in [2.24, 2.45) is 0 Å². The van der Waals surface area contributed by atoms with Gasteiger partial charge in [0.25, 0.3) is 5.56 Å². The van der Waals surface area contributed by atoms with Gasteiger partial charge in [-0.15, -0.1) is 0 Å². The zero-order valence-electron chi connectivity index (χ0n) is 12.7. The van der Waals surface area contributed by atoms with Gasteiger partial charge < -0.3 is 10.3 Å². The Labute approximate surface area is 132 Å². The lowest BCUT2D eigenvalue weighted by molar-refractivity contribution is 0.830. The number of H-pyrrole nitrogens is 1. The molecule has 0 fully saturated rings. The van der Waals surface area contributed by atoms with Crippen LogP contribution in [0.4, 0.5) is 5.95 Å². The summed E-state index contributed by atoms with van der Waals surface area (Å²) in [4.78, 5) is 19.0. The maximum absolute atomic E-state index is 12.3. The summed E-state index contributed by atoms with van der Waals surface area (Å²) >= 11 is 0. The highest BCUT2D eigenvalue weighted by atomic mass is 16.1. The maximum atomic E-state index is 12.3. The molecule has 0 atom stereocenters. The Morgan fingerprint density at radius 2 is 2.00 bits per heavy atom. The zero-order valence-corrected chi connectivity index (χ0v) is 12.7. The minimum absolute atomic E-state index is 0.140. The normalized spacial score (nSPS) is 11.3. The Kier molecular flexibility index (Phi) is 2.94. The number of nitrogens with two attached hydrogens (primary N) is 1. The van der Waals surface area contributed by atoms with Crippen LogP contribution < -0.4 is 11.3 Å². The summed E-state index contributed by atoms with van der Waals surface area (Å²) in [5, 5.41) is 1.48. The molecule has 3 N–H and O–H groups in total. The lowest BCUT2D eigenvalue weighted by atomic mass is 10.1. The summed E-state index contributed by atoms with van der Waals surface area (Å²) < 4.78 is 2.15. The SMILES string of the molecule is Cc1ccccc1Cn1ccc2c3c(=O)[nH]c(N)nc3ccc21. The first-order valence-electron chi connectivity index (χ1n) is 7.45. The first kappa shape index (κ1) is 13.6. The molecule has 0 radical (unpaired) electrons. The van der Waals surface area contributed by atoms with Crippen molar-refractivity contribution in [3.8, 4) is 0 Å². The van der Waals surface area contributed by atoms with Crippen molar-refractivity contribution in [3.05, 3.63) is 70.1 Å². The quantitative estimate of drug-likeness (QED) is 0.598. The molecule has 0 saturated heterocycles. The van der Waals surface area contributed by atoms with Crippen LogP contribution in [0.2, 0.25) is 0 Å². The molecule has 2 heterocycles. The number of aromatic amines is 1. The van der Waals surface area contributed by atoms with Crippen molar-refractivity contribution < 1.29 is 0 Å². The first-order chi connectivity index (χ1) is 11.1. The molecule has 114 valence electrons. The van der Waals surface area contributed by atoms with E-state index in [0.717, 1.165) is 17.4 Å². The van der Waals surface area contributed by atoms with Crippen molar-refractivity contribution in [2.75, 3.05) is 5.73 Å². The van der Waals surface area contributed by atoms with Crippen LogP contribution in [0.3, 0.4) is 0 Å². The van der Waals surface area contributed by atoms with Gasteiger partial charge in [-0.1, -0.05) is 24.3 Å². The van der Waals surface area contributed by atoms with Crippen molar-refractivity contribution in [1.29, 1.82) is 0 Å². The molecule has 0 unspecified atom stereocenters. The molecule has 5 heteroatoms. The number of aromatic nitrogens is 3. The molecule has 0 amide bonds. The summed E-state index contributed by atoms with van der Waals surface area (Å²) in [6, 6.07) is 14.1. The molecule has 4 aromatic rings. The summed E-state index contributed by atoms with van der Waals surface area (Å²) in [5.74, 6) is 0.140. The summed E-state index contributed by atoms with van der Waals surface area (Å²) in [6.07, 6.45) is 2.01. The number of rotatable bonds is 2. The molecular formula is C18H16N4O. The van der Waals surface area contributed by atoms with Crippen molar-refractivity contribution in [2.45, 2.75) is 13.5 Å². The van der Waals surface area contributed by atoms with E-state index < -0.39 is 0 Å². The third-order valence-corrected chi connectivity index (χ3v) is 4.24. The summed E-state index contributed by atoms with van der Waals surface area (Å²) in [5.41, 5.74) is 9.56. The number of fused-ring (bicyclic) bond motifs is 3. The number of hydrogen-bond acceptors (Lipinski definition) is 3. The second-order valence-electron chi connectivity index (χ2n) is 5.71. The van der Waals surface area contributed by atoms with Crippen LogP contribution in [-0.4, -0.2) is 14.5 Å². The van der Waals surface area contributed by atoms with E-state index in [0.29, 0.717) is 10.9 Å². The topological polar surface area (TPSA) is 76.7 Å². The standard InChI is InChI=1S/C18H16N4O/c1-11-4-2-3-5-12(11)10-22-9-8-13-15(22)7-6-14-16(13)17(23)21-18(19)20-14/h2-9H,10H2,1H3,(H3,19,20,21,23). The van der Waals surface area contributed by atoms with Crippen molar-refractivity contribution >= 4 is 27.8 Å². The minimum Gasteiger partial charge on any atom is -0.369 e. The van der Waals surface area contributed by atoms with Gasteiger partial charge in [0.2, 0.25) is 5.95 Å². The van der Waals surface area contributed by atoms with E-state index in [1.807, 2.05) is 36.5 Å². The molecule has 0 bridgehead atoms. The fourth-order valence-corrected chi connectivity index (χ4v) is 3.04. The van der Waals surface area contributed by atoms with Gasteiger partial charge in [0.05, 0.1) is 10.9 Å². The second-order valence-corrected chi connectivity index (χ2v) is 5.71. The van der Waals surface area contributed by atoms with E-state index in [1.54, 1.807) is 0 Å². The number of benzene rings is 2. The van der Waals surface area contributed by atoms with Crippen LogP contribution in [0.15, 0.2) is 53.5 Å². The van der Waals surface area contributed by atoms with Crippen molar-refractivity contribution in [3.63, 3.8) is 0 Å². The lowest BCUT2D eigenvalue weighted by Gasteiger charge is -2.09. The monoisotopic (exact) mass is 304 g/mol. The van der Waals surface area contributed by atoms with Crippen LogP contribution in [-0.2, 0) is 6.54 Å². The predicted octanol–water partition coefficient (Wildman–Crippen LogP) is 2.82. The number of nitrogens with one attached hydrogen (secondary N) is 1. The van der Waals surface area contributed by atoms with Gasteiger partial charge in [-0.2, -0.15) is 0 Å². The van der Waals surface area contributed by atoms with Crippen LogP contribution in [0.1, 0.15) is 11.1 Å². The molecule has 0 aliphatic rings. The Hall–Kier alpha value is -3.08. The second kappa shape index (κ2) is 4.98. The average molecular weight is 304 g/mol. The Morgan fingerprint density at radius 1 is 1.17 bits per heavy atom. The minimum atomic E-state index is -0.202. The van der Waals surface area contributed by atoms with E-state index >= 15 is 0 Å².